The quantitative estimate of drug-likeness (QED) is 0.562. The molecule has 1 saturated heterocycles. The fraction of sp³-hybridized carbons (Fsp3) is 0.480. The Bertz CT molecular complexity index is 1020. The van der Waals surface area contributed by atoms with Crippen molar-refractivity contribution in [3.63, 3.8) is 0 Å². The van der Waals surface area contributed by atoms with Gasteiger partial charge in [-0.2, -0.15) is 0 Å². The number of nitrogens with zero attached hydrogens (tertiary/aromatic N) is 3. The number of nitrogens with one attached hydrogen (secondary N) is 2. The van der Waals surface area contributed by atoms with Crippen LogP contribution in [-0.4, -0.2) is 76.6 Å². The highest BCUT2D eigenvalue weighted by atomic mass is 16.3. The number of anilines is 1. The van der Waals surface area contributed by atoms with E-state index in [-0.39, 0.29) is 30.3 Å². The van der Waals surface area contributed by atoms with Gasteiger partial charge in [0, 0.05) is 57.1 Å². The van der Waals surface area contributed by atoms with Crippen molar-refractivity contribution in [3.8, 4) is 0 Å². The first-order valence-corrected chi connectivity index (χ1v) is 11.8. The summed E-state index contributed by atoms with van der Waals surface area (Å²) in [5, 5.41) is 16.6. The minimum Gasteiger partial charge on any atom is -0.390 e. The summed E-state index contributed by atoms with van der Waals surface area (Å²) in [5.41, 5.74) is 3.80. The van der Waals surface area contributed by atoms with Gasteiger partial charge in [0.15, 0.2) is 0 Å². The van der Waals surface area contributed by atoms with Gasteiger partial charge in [-0.15, -0.1) is 0 Å². The normalized spacial score (nSPS) is 19.4. The molecule has 8 heteroatoms. The first kappa shape index (κ1) is 21.9. The van der Waals surface area contributed by atoms with Crippen LogP contribution in [-0.2, 0) is 17.8 Å². The topological polar surface area (TPSA) is 97.8 Å². The zero-order chi connectivity index (χ0) is 22.8. The summed E-state index contributed by atoms with van der Waals surface area (Å²) >= 11 is 0. The Balaban J connectivity index is 1.06. The van der Waals surface area contributed by atoms with E-state index < -0.39 is 6.10 Å². The monoisotopic (exact) mass is 449 g/mol. The summed E-state index contributed by atoms with van der Waals surface area (Å²) in [4.78, 5) is 32.9. The molecule has 3 aliphatic rings. The number of aromatic nitrogens is 1. The first-order valence-electron chi connectivity index (χ1n) is 11.8. The van der Waals surface area contributed by atoms with E-state index in [1.807, 2.05) is 17.0 Å². The van der Waals surface area contributed by atoms with E-state index in [0.717, 1.165) is 38.0 Å². The second-order valence-electron chi connectivity index (χ2n) is 9.41. The lowest BCUT2D eigenvalue weighted by atomic mass is 10.00. The largest absolute Gasteiger partial charge is 0.390 e. The molecule has 174 valence electrons. The molecule has 1 aliphatic carbocycles. The second-order valence-corrected chi connectivity index (χ2v) is 9.41. The number of aliphatic hydroxyl groups is 1. The van der Waals surface area contributed by atoms with Crippen LogP contribution in [0, 0.1) is 5.92 Å². The van der Waals surface area contributed by atoms with Crippen molar-refractivity contribution in [1.82, 2.24) is 20.1 Å². The number of rotatable bonds is 8. The van der Waals surface area contributed by atoms with E-state index in [2.05, 4.69) is 38.7 Å². The maximum absolute atomic E-state index is 12.6. The van der Waals surface area contributed by atoms with Crippen molar-refractivity contribution in [2.75, 3.05) is 38.0 Å². The molecule has 2 aliphatic heterocycles. The molecule has 1 aromatic carbocycles. The molecule has 3 heterocycles. The molecule has 2 aromatic rings. The highest BCUT2D eigenvalue weighted by Gasteiger charge is 2.39. The number of hydrogen-bond donors (Lipinski definition) is 3. The molecule has 0 spiro atoms. The third-order valence-electron chi connectivity index (χ3n) is 6.66. The van der Waals surface area contributed by atoms with Crippen molar-refractivity contribution < 1.29 is 14.7 Å². The third kappa shape index (κ3) is 5.34. The van der Waals surface area contributed by atoms with Crippen molar-refractivity contribution in [3.05, 3.63) is 59.4 Å². The third-order valence-corrected chi connectivity index (χ3v) is 6.66. The molecule has 0 unspecified atom stereocenters. The van der Waals surface area contributed by atoms with Crippen LogP contribution >= 0.6 is 0 Å². The predicted octanol–water partition coefficient (Wildman–Crippen LogP) is 1.26. The minimum absolute atomic E-state index is 0.178. The predicted molar refractivity (Wildman–Crippen MR) is 125 cm³/mol. The minimum atomic E-state index is -0.648. The van der Waals surface area contributed by atoms with E-state index in [9.17, 15) is 14.7 Å². The number of aliphatic hydroxyl groups excluding tert-OH is 1. The fourth-order valence-electron chi connectivity index (χ4n) is 4.59. The molecule has 2 amide bonds. The van der Waals surface area contributed by atoms with Crippen LogP contribution in [0.5, 0.6) is 0 Å². The molecule has 1 aromatic heterocycles. The molecule has 0 radical (unpaired) electrons. The number of pyridine rings is 1. The highest BCUT2D eigenvalue weighted by Crippen LogP contribution is 2.32. The molecule has 1 atom stereocenters. The highest BCUT2D eigenvalue weighted by molar-refractivity contribution is 5.93. The van der Waals surface area contributed by atoms with E-state index in [0.29, 0.717) is 25.3 Å². The molecule has 8 nitrogen and oxygen atoms in total. The van der Waals surface area contributed by atoms with E-state index in [1.54, 1.807) is 12.3 Å². The molecular weight excluding hydrogens is 418 g/mol. The van der Waals surface area contributed by atoms with E-state index >= 15 is 0 Å². The number of β-amino-alcohol motifs (C(OH)–C–C–N with tert-alkyl or cyclic N) is 1. The van der Waals surface area contributed by atoms with Gasteiger partial charge in [0.2, 0.25) is 5.91 Å². The Morgan fingerprint density at radius 3 is 2.73 bits per heavy atom. The molecule has 3 N–H and O–H groups in total. The average molecular weight is 450 g/mol. The molecule has 5 rings (SSSR count). The Morgan fingerprint density at radius 1 is 1.15 bits per heavy atom. The Morgan fingerprint density at radius 2 is 1.94 bits per heavy atom. The summed E-state index contributed by atoms with van der Waals surface area (Å²) in [6, 6.07) is 12.1. The molecule has 2 fully saturated rings. The van der Waals surface area contributed by atoms with E-state index in [1.165, 1.54) is 11.1 Å². The summed E-state index contributed by atoms with van der Waals surface area (Å²) < 4.78 is 0. The fourth-order valence-corrected chi connectivity index (χ4v) is 4.59. The zero-order valence-corrected chi connectivity index (χ0v) is 18.7. The van der Waals surface area contributed by atoms with Gasteiger partial charge in [-0.3, -0.25) is 19.5 Å². The number of amides is 2. The second kappa shape index (κ2) is 9.49. The summed E-state index contributed by atoms with van der Waals surface area (Å²) in [5.74, 6) is 0.222. The van der Waals surface area contributed by atoms with E-state index in [4.69, 9.17) is 0 Å². The Labute approximate surface area is 194 Å². The molecular formula is C25H31N5O3. The maximum atomic E-state index is 12.6. The van der Waals surface area contributed by atoms with Crippen LogP contribution in [0.25, 0.3) is 0 Å². The number of benzene rings is 1. The van der Waals surface area contributed by atoms with Crippen LogP contribution in [0.4, 0.5) is 5.69 Å². The van der Waals surface area contributed by atoms with Crippen molar-refractivity contribution >= 4 is 17.5 Å². The van der Waals surface area contributed by atoms with Gasteiger partial charge >= 0.3 is 0 Å². The number of likely N-dealkylation sites (tertiary alicyclic amines) is 1. The van der Waals surface area contributed by atoms with Crippen molar-refractivity contribution in [2.24, 2.45) is 5.92 Å². The van der Waals surface area contributed by atoms with Crippen LogP contribution in [0.3, 0.4) is 0 Å². The van der Waals surface area contributed by atoms with Crippen LogP contribution < -0.4 is 10.6 Å². The molecule has 33 heavy (non-hydrogen) atoms. The van der Waals surface area contributed by atoms with Gasteiger partial charge in [0.1, 0.15) is 5.69 Å². The smallest absolute Gasteiger partial charge is 0.270 e. The van der Waals surface area contributed by atoms with Gasteiger partial charge < -0.3 is 20.6 Å². The zero-order valence-electron chi connectivity index (χ0n) is 18.7. The van der Waals surface area contributed by atoms with Gasteiger partial charge in [-0.05, 0) is 42.5 Å². The first-order chi connectivity index (χ1) is 16.0. The maximum Gasteiger partial charge on any atom is 0.270 e. The van der Waals surface area contributed by atoms with Gasteiger partial charge in [0.25, 0.3) is 5.91 Å². The number of carbonyl (C=O) groups excluding carboxylic acids is 2. The van der Waals surface area contributed by atoms with Gasteiger partial charge in [0.05, 0.1) is 12.1 Å². The van der Waals surface area contributed by atoms with Crippen molar-refractivity contribution in [1.29, 1.82) is 0 Å². The Hall–Kier alpha value is -2.97. The lowest BCUT2D eigenvalue weighted by Gasteiger charge is -2.40. The molecule has 0 bridgehead atoms. The van der Waals surface area contributed by atoms with Crippen molar-refractivity contribution in [2.45, 2.75) is 38.0 Å². The average Bonchev–Trinajstić information content (AvgIpc) is 3.65. The lowest BCUT2D eigenvalue weighted by Crippen LogP contribution is -2.57. The summed E-state index contributed by atoms with van der Waals surface area (Å²) in [6.45, 7) is 3.82. The molecule has 1 saturated carbocycles. The lowest BCUT2D eigenvalue weighted by molar-refractivity contribution is -0.136. The number of fused-ring (bicyclic) bond motifs is 1. The van der Waals surface area contributed by atoms with Crippen LogP contribution in [0.1, 0.15) is 34.5 Å². The number of hydrogen-bond acceptors (Lipinski definition) is 6. The SMILES string of the molecule is O=C(NC[C@H](O)CN1CCc2ccccc2C1)c1cc(NC2CN(C(=O)C3CC3)C2)ccn1. The van der Waals surface area contributed by atoms with Gasteiger partial charge in [-0.1, -0.05) is 24.3 Å². The Kier molecular flexibility index (Phi) is 6.28. The summed E-state index contributed by atoms with van der Waals surface area (Å²) in [7, 11) is 0. The standard InChI is InChI=1S/C25H31N5O3/c31-22(16-29-10-8-17-3-1-2-4-19(17)13-29)12-27-24(32)23-11-20(7-9-26-23)28-21-14-30(15-21)25(33)18-5-6-18/h1-4,7,9,11,18,21-22,31H,5-6,8,10,12-16H2,(H,26,28)(H,27,32)/t22-/m0/s1. The number of carbonyl (C=O) groups is 2. The summed E-state index contributed by atoms with van der Waals surface area (Å²) in [6.07, 6.45) is 3.98. The van der Waals surface area contributed by atoms with Crippen LogP contribution in [0.2, 0.25) is 0 Å². The van der Waals surface area contributed by atoms with Crippen LogP contribution in [0.15, 0.2) is 42.6 Å². The van der Waals surface area contributed by atoms with Gasteiger partial charge in [-0.25, -0.2) is 0 Å².